The molecule has 0 heterocycles. The number of nitrogens with one attached hydrogen (secondary N) is 2. The highest BCUT2D eigenvalue weighted by Crippen LogP contribution is 2.24. The number of azide groups is 1. The van der Waals surface area contributed by atoms with Crippen molar-refractivity contribution in [3.8, 4) is 5.75 Å². The number of aliphatic hydroxyl groups is 1. The summed E-state index contributed by atoms with van der Waals surface area (Å²) in [5.41, 5.74) is 8.35. The maximum atomic E-state index is 12.1. The van der Waals surface area contributed by atoms with Crippen molar-refractivity contribution in [2.24, 2.45) is 5.11 Å². The van der Waals surface area contributed by atoms with Gasteiger partial charge in [0.25, 0.3) is 5.91 Å². The molecule has 1 rings (SSSR count). The van der Waals surface area contributed by atoms with E-state index in [2.05, 4.69) is 20.7 Å². The number of aliphatic hydroxyl groups excluding tert-OH is 1. The SMILES string of the molecule is CCNC(=O)C(NC(=O)c1ccc(N=[N+]=[N-])cc1O)C(C)O. The number of hydrogen-bond acceptors (Lipinski definition) is 5. The molecule has 0 bridgehead atoms. The van der Waals surface area contributed by atoms with Crippen LogP contribution in [0.15, 0.2) is 23.3 Å². The van der Waals surface area contributed by atoms with Crippen molar-refractivity contribution in [3.05, 3.63) is 34.2 Å². The Kier molecular flexibility index (Phi) is 6.18. The number of phenols is 1. The molecule has 22 heavy (non-hydrogen) atoms. The van der Waals surface area contributed by atoms with E-state index >= 15 is 0 Å². The molecule has 9 nitrogen and oxygen atoms in total. The van der Waals surface area contributed by atoms with Gasteiger partial charge in [0.2, 0.25) is 5.91 Å². The van der Waals surface area contributed by atoms with E-state index in [1.54, 1.807) is 6.92 Å². The monoisotopic (exact) mass is 307 g/mol. The second-order valence-corrected chi connectivity index (χ2v) is 4.48. The van der Waals surface area contributed by atoms with E-state index in [1.165, 1.54) is 19.1 Å². The lowest BCUT2D eigenvalue weighted by molar-refractivity contribution is -0.125. The zero-order chi connectivity index (χ0) is 16.7. The maximum Gasteiger partial charge on any atom is 0.255 e. The fourth-order valence-electron chi connectivity index (χ4n) is 1.73. The van der Waals surface area contributed by atoms with Crippen molar-refractivity contribution in [1.29, 1.82) is 0 Å². The highest BCUT2D eigenvalue weighted by atomic mass is 16.3. The van der Waals surface area contributed by atoms with Gasteiger partial charge in [0, 0.05) is 17.1 Å². The number of carbonyl (C=O) groups excluding carboxylic acids is 2. The van der Waals surface area contributed by atoms with E-state index in [-0.39, 0.29) is 11.3 Å². The molecule has 0 saturated carbocycles. The van der Waals surface area contributed by atoms with Crippen LogP contribution in [0.5, 0.6) is 5.75 Å². The molecule has 2 unspecified atom stereocenters. The van der Waals surface area contributed by atoms with Crippen molar-refractivity contribution >= 4 is 17.5 Å². The number of phenolic OH excluding ortho intramolecular Hbond substituents is 1. The molecular weight excluding hydrogens is 290 g/mol. The first-order valence-electron chi connectivity index (χ1n) is 6.55. The third-order valence-electron chi connectivity index (χ3n) is 2.79. The Labute approximate surface area is 126 Å². The third kappa shape index (κ3) is 4.37. The van der Waals surface area contributed by atoms with Crippen LogP contribution in [0, 0.1) is 0 Å². The zero-order valence-electron chi connectivity index (χ0n) is 12.1. The molecule has 0 aromatic heterocycles. The lowest BCUT2D eigenvalue weighted by atomic mass is 10.1. The Morgan fingerprint density at radius 2 is 2.14 bits per heavy atom. The van der Waals surface area contributed by atoms with E-state index in [4.69, 9.17) is 5.53 Å². The van der Waals surface area contributed by atoms with Crippen LogP contribution < -0.4 is 10.6 Å². The summed E-state index contributed by atoms with van der Waals surface area (Å²) >= 11 is 0. The van der Waals surface area contributed by atoms with Crippen LogP contribution in [0.1, 0.15) is 24.2 Å². The van der Waals surface area contributed by atoms with Gasteiger partial charge in [-0.25, -0.2) is 0 Å². The molecule has 118 valence electrons. The zero-order valence-corrected chi connectivity index (χ0v) is 12.1. The van der Waals surface area contributed by atoms with E-state index in [9.17, 15) is 19.8 Å². The fourth-order valence-corrected chi connectivity index (χ4v) is 1.73. The molecule has 2 amide bonds. The van der Waals surface area contributed by atoms with Gasteiger partial charge >= 0.3 is 0 Å². The first-order chi connectivity index (χ1) is 10.4. The van der Waals surface area contributed by atoms with E-state index in [1.807, 2.05) is 0 Å². The summed E-state index contributed by atoms with van der Waals surface area (Å²) < 4.78 is 0. The van der Waals surface area contributed by atoms with Crippen molar-refractivity contribution in [3.63, 3.8) is 0 Å². The van der Waals surface area contributed by atoms with E-state index < -0.39 is 29.7 Å². The Bertz CT molecular complexity index is 610. The molecule has 0 saturated heterocycles. The van der Waals surface area contributed by atoms with Crippen molar-refractivity contribution in [1.82, 2.24) is 10.6 Å². The molecule has 0 radical (unpaired) electrons. The summed E-state index contributed by atoms with van der Waals surface area (Å²) in [5, 5.41) is 27.5. The fraction of sp³-hybridized carbons (Fsp3) is 0.385. The largest absolute Gasteiger partial charge is 0.507 e. The van der Waals surface area contributed by atoms with Crippen LogP contribution in [-0.2, 0) is 4.79 Å². The number of hydrogen-bond donors (Lipinski definition) is 4. The van der Waals surface area contributed by atoms with Crippen LogP contribution >= 0.6 is 0 Å². The second-order valence-electron chi connectivity index (χ2n) is 4.48. The van der Waals surface area contributed by atoms with Crippen LogP contribution in [0.4, 0.5) is 5.69 Å². The molecule has 1 aromatic carbocycles. The summed E-state index contributed by atoms with van der Waals surface area (Å²) in [6, 6.07) is 2.57. The Morgan fingerprint density at radius 3 is 2.64 bits per heavy atom. The number of amides is 2. The van der Waals surface area contributed by atoms with E-state index in [0.717, 1.165) is 6.07 Å². The predicted molar refractivity (Wildman–Crippen MR) is 78.5 cm³/mol. The van der Waals surface area contributed by atoms with E-state index in [0.29, 0.717) is 6.54 Å². The normalized spacial score (nSPS) is 12.7. The number of benzene rings is 1. The summed E-state index contributed by atoms with van der Waals surface area (Å²) in [4.78, 5) is 26.4. The molecule has 0 spiro atoms. The predicted octanol–water partition coefficient (Wildman–Crippen LogP) is 0.949. The number of nitrogens with zero attached hydrogens (tertiary/aromatic N) is 3. The van der Waals surface area contributed by atoms with Crippen molar-refractivity contribution in [2.45, 2.75) is 26.0 Å². The van der Waals surface area contributed by atoms with Gasteiger partial charge in [0.15, 0.2) is 0 Å². The topological polar surface area (TPSA) is 147 Å². The smallest absolute Gasteiger partial charge is 0.255 e. The first kappa shape index (κ1) is 17.3. The minimum absolute atomic E-state index is 0.105. The number of rotatable bonds is 6. The van der Waals surface area contributed by atoms with Crippen molar-refractivity contribution < 1.29 is 19.8 Å². The van der Waals surface area contributed by atoms with Crippen LogP contribution in [-0.4, -0.2) is 40.7 Å². The van der Waals surface area contributed by atoms with Crippen LogP contribution in [0.2, 0.25) is 0 Å². The second kappa shape index (κ2) is 7.87. The van der Waals surface area contributed by atoms with Gasteiger partial charge in [-0.1, -0.05) is 11.2 Å². The number of likely N-dealkylation sites (N-methyl/N-ethyl adjacent to an activating group) is 1. The molecule has 9 heteroatoms. The summed E-state index contributed by atoms with van der Waals surface area (Å²) in [6.45, 7) is 3.42. The highest BCUT2D eigenvalue weighted by molar-refractivity contribution is 6.00. The van der Waals surface area contributed by atoms with Gasteiger partial charge in [0.1, 0.15) is 11.8 Å². The molecule has 4 N–H and O–H groups in total. The average molecular weight is 307 g/mol. The third-order valence-corrected chi connectivity index (χ3v) is 2.79. The molecule has 0 fully saturated rings. The average Bonchev–Trinajstić information content (AvgIpc) is 2.44. The van der Waals surface area contributed by atoms with Gasteiger partial charge in [0.05, 0.1) is 11.7 Å². The van der Waals surface area contributed by atoms with Crippen LogP contribution in [0.25, 0.3) is 10.4 Å². The highest BCUT2D eigenvalue weighted by Gasteiger charge is 2.26. The van der Waals surface area contributed by atoms with Gasteiger partial charge in [-0.3, -0.25) is 9.59 Å². The minimum Gasteiger partial charge on any atom is -0.507 e. The summed E-state index contributed by atoms with van der Waals surface area (Å²) in [7, 11) is 0. The Balaban J connectivity index is 2.95. The quantitative estimate of drug-likeness (QED) is 0.352. The maximum absolute atomic E-state index is 12.1. The molecule has 0 aliphatic heterocycles. The molecule has 0 aliphatic rings. The van der Waals surface area contributed by atoms with Gasteiger partial charge < -0.3 is 20.8 Å². The molecule has 0 aliphatic carbocycles. The van der Waals surface area contributed by atoms with Gasteiger partial charge in [-0.2, -0.15) is 0 Å². The summed E-state index contributed by atoms with van der Waals surface area (Å²) in [5.74, 6) is -1.67. The standard InChI is InChI=1S/C13H17N5O4/c1-3-15-13(22)11(7(2)19)16-12(21)9-5-4-8(17-18-14)6-10(9)20/h4-7,11,19-20H,3H2,1-2H3,(H,15,22)(H,16,21). The molecular formula is C13H17N5O4. The number of carbonyl (C=O) groups is 2. The molecule has 1 aromatic rings. The van der Waals surface area contributed by atoms with Crippen LogP contribution in [0.3, 0.4) is 0 Å². The first-order valence-corrected chi connectivity index (χ1v) is 6.55. The minimum atomic E-state index is -1.15. The van der Waals surface area contributed by atoms with Crippen molar-refractivity contribution in [2.75, 3.05) is 6.54 Å². The summed E-state index contributed by atoms with van der Waals surface area (Å²) in [6.07, 6.45) is -1.11. The van der Waals surface area contributed by atoms with Gasteiger partial charge in [-0.15, -0.1) is 0 Å². The lowest BCUT2D eigenvalue weighted by Gasteiger charge is -2.20. The molecule has 2 atom stereocenters. The van der Waals surface area contributed by atoms with Gasteiger partial charge in [-0.05, 0) is 31.5 Å². The number of aromatic hydroxyl groups is 1. The Hall–Kier alpha value is -2.77. The Morgan fingerprint density at radius 1 is 1.45 bits per heavy atom. The lowest BCUT2D eigenvalue weighted by Crippen LogP contribution is -2.52.